The van der Waals surface area contributed by atoms with Crippen molar-refractivity contribution in [3.8, 4) is 0 Å². The Balaban J connectivity index is 1.87. The third-order valence-corrected chi connectivity index (χ3v) is 3.32. The average molecular weight is 300 g/mol. The Labute approximate surface area is 131 Å². The molecule has 0 atom stereocenters. The molecule has 6 heteroatoms. The maximum absolute atomic E-state index is 4.54. The molecule has 2 aromatic rings. The van der Waals surface area contributed by atoms with Crippen LogP contribution in [0.3, 0.4) is 0 Å². The summed E-state index contributed by atoms with van der Waals surface area (Å²) in [6.45, 7) is 6.35. The van der Waals surface area contributed by atoms with Crippen molar-refractivity contribution in [3.63, 3.8) is 0 Å². The van der Waals surface area contributed by atoms with Crippen LogP contribution in [-0.2, 0) is 20.0 Å². The van der Waals surface area contributed by atoms with Gasteiger partial charge >= 0.3 is 0 Å². The largest absolute Gasteiger partial charge is 0.357 e. The van der Waals surface area contributed by atoms with E-state index >= 15 is 0 Å². The molecular weight excluding hydrogens is 276 g/mol. The SMILES string of the molecule is CCNC(=NCc1ncnn1C)NCCc1cccc(C)c1. The molecule has 0 fully saturated rings. The van der Waals surface area contributed by atoms with Crippen LogP contribution in [0.15, 0.2) is 35.6 Å². The lowest BCUT2D eigenvalue weighted by Gasteiger charge is -2.11. The molecule has 118 valence electrons. The molecule has 1 heterocycles. The van der Waals surface area contributed by atoms with Gasteiger partial charge in [-0.25, -0.2) is 9.98 Å². The topological polar surface area (TPSA) is 67.1 Å². The molecule has 0 aliphatic carbocycles. The van der Waals surface area contributed by atoms with Crippen molar-refractivity contribution in [2.24, 2.45) is 12.0 Å². The van der Waals surface area contributed by atoms with Crippen molar-refractivity contribution in [1.29, 1.82) is 0 Å². The number of aryl methyl sites for hydroxylation is 2. The van der Waals surface area contributed by atoms with E-state index in [1.54, 1.807) is 11.0 Å². The van der Waals surface area contributed by atoms with Gasteiger partial charge in [-0.15, -0.1) is 0 Å². The van der Waals surface area contributed by atoms with E-state index in [1.807, 2.05) is 7.05 Å². The van der Waals surface area contributed by atoms with Crippen LogP contribution in [0.1, 0.15) is 23.9 Å². The Morgan fingerprint density at radius 1 is 1.32 bits per heavy atom. The van der Waals surface area contributed by atoms with E-state index in [-0.39, 0.29) is 0 Å². The van der Waals surface area contributed by atoms with E-state index < -0.39 is 0 Å². The maximum Gasteiger partial charge on any atom is 0.191 e. The van der Waals surface area contributed by atoms with Gasteiger partial charge in [0.1, 0.15) is 18.7 Å². The van der Waals surface area contributed by atoms with Crippen molar-refractivity contribution >= 4 is 5.96 Å². The van der Waals surface area contributed by atoms with Gasteiger partial charge in [0.25, 0.3) is 0 Å². The second-order valence-electron chi connectivity index (χ2n) is 5.16. The smallest absolute Gasteiger partial charge is 0.191 e. The lowest BCUT2D eigenvalue weighted by atomic mass is 10.1. The number of guanidine groups is 1. The zero-order chi connectivity index (χ0) is 15.8. The van der Waals surface area contributed by atoms with Crippen molar-refractivity contribution in [2.75, 3.05) is 13.1 Å². The number of hydrogen-bond donors (Lipinski definition) is 2. The van der Waals surface area contributed by atoms with Gasteiger partial charge in [-0.2, -0.15) is 5.10 Å². The minimum atomic E-state index is 0.510. The third-order valence-electron chi connectivity index (χ3n) is 3.32. The molecule has 0 bridgehead atoms. The summed E-state index contributed by atoms with van der Waals surface area (Å²) in [5.74, 6) is 1.65. The molecule has 0 spiro atoms. The highest BCUT2D eigenvalue weighted by molar-refractivity contribution is 5.79. The Hall–Kier alpha value is -2.37. The molecule has 0 aliphatic rings. The molecule has 0 amide bonds. The highest BCUT2D eigenvalue weighted by Gasteiger charge is 2.01. The van der Waals surface area contributed by atoms with E-state index in [4.69, 9.17) is 0 Å². The lowest BCUT2D eigenvalue weighted by Crippen LogP contribution is -2.38. The number of benzene rings is 1. The first-order valence-electron chi connectivity index (χ1n) is 7.59. The van der Waals surface area contributed by atoms with E-state index in [1.165, 1.54) is 11.1 Å². The van der Waals surface area contributed by atoms with Crippen LogP contribution in [0.5, 0.6) is 0 Å². The minimum absolute atomic E-state index is 0.510. The molecule has 0 radical (unpaired) electrons. The standard InChI is InChI=1S/C16H24N6/c1-4-17-16(19-11-15-20-12-21-22(15)3)18-9-8-14-7-5-6-13(2)10-14/h5-7,10,12H,4,8-9,11H2,1-3H3,(H2,17,18,19). The summed E-state index contributed by atoms with van der Waals surface area (Å²) in [6, 6.07) is 8.57. The molecule has 1 aromatic heterocycles. The summed E-state index contributed by atoms with van der Waals surface area (Å²) in [4.78, 5) is 8.71. The van der Waals surface area contributed by atoms with Crippen LogP contribution in [0, 0.1) is 6.92 Å². The first-order valence-corrected chi connectivity index (χ1v) is 7.59. The van der Waals surface area contributed by atoms with E-state index in [0.717, 1.165) is 31.3 Å². The molecule has 1 aromatic carbocycles. The van der Waals surface area contributed by atoms with E-state index in [9.17, 15) is 0 Å². The lowest BCUT2D eigenvalue weighted by molar-refractivity contribution is 0.697. The molecule has 2 N–H and O–H groups in total. The first-order chi connectivity index (χ1) is 10.7. The van der Waals surface area contributed by atoms with Crippen molar-refractivity contribution in [3.05, 3.63) is 47.5 Å². The van der Waals surface area contributed by atoms with Crippen molar-refractivity contribution in [2.45, 2.75) is 26.8 Å². The summed E-state index contributed by atoms with van der Waals surface area (Å²) in [5.41, 5.74) is 2.62. The number of rotatable bonds is 6. The monoisotopic (exact) mass is 300 g/mol. The number of aromatic nitrogens is 3. The fraction of sp³-hybridized carbons (Fsp3) is 0.438. The predicted molar refractivity (Wildman–Crippen MR) is 88.7 cm³/mol. The highest BCUT2D eigenvalue weighted by Crippen LogP contribution is 2.03. The fourth-order valence-electron chi connectivity index (χ4n) is 2.15. The van der Waals surface area contributed by atoms with Crippen LogP contribution in [-0.4, -0.2) is 33.8 Å². The van der Waals surface area contributed by atoms with Gasteiger partial charge in [0.05, 0.1) is 0 Å². The quantitative estimate of drug-likeness (QED) is 0.625. The highest BCUT2D eigenvalue weighted by atomic mass is 15.3. The average Bonchev–Trinajstić information content (AvgIpc) is 2.90. The second-order valence-corrected chi connectivity index (χ2v) is 5.16. The first kappa shape index (κ1) is 16.0. The molecule has 2 rings (SSSR count). The summed E-state index contributed by atoms with van der Waals surface area (Å²) >= 11 is 0. The Morgan fingerprint density at radius 3 is 2.86 bits per heavy atom. The normalized spacial score (nSPS) is 11.5. The Bertz CT molecular complexity index is 617. The summed E-state index contributed by atoms with van der Waals surface area (Å²) in [5, 5.41) is 10.6. The van der Waals surface area contributed by atoms with Crippen LogP contribution in [0.25, 0.3) is 0 Å². The van der Waals surface area contributed by atoms with E-state index in [0.29, 0.717) is 6.54 Å². The molecule has 0 saturated carbocycles. The van der Waals surface area contributed by atoms with Crippen molar-refractivity contribution < 1.29 is 0 Å². The fourth-order valence-corrected chi connectivity index (χ4v) is 2.15. The van der Waals surface area contributed by atoms with Crippen LogP contribution < -0.4 is 10.6 Å². The molecule has 0 saturated heterocycles. The van der Waals surface area contributed by atoms with Crippen LogP contribution in [0.2, 0.25) is 0 Å². The molecule has 0 aliphatic heterocycles. The summed E-state index contributed by atoms with van der Waals surface area (Å²) in [7, 11) is 1.87. The Morgan fingerprint density at radius 2 is 2.18 bits per heavy atom. The van der Waals surface area contributed by atoms with Gasteiger partial charge in [0.2, 0.25) is 0 Å². The third kappa shape index (κ3) is 4.87. The van der Waals surface area contributed by atoms with Crippen molar-refractivity contribution in [1.82, 2.24) is 25.4 Å². The molecular formula is C16H24N6. The number of nitrogens with one attached hydrogen (secondary N) is 2. The zero-order valence-corrected chi connectivity index (χ0v) is 13.5. The van der Waals surface area contributed by atoms with Gasteiger partial charge in [-0.05, 0) is 25.8 Å². The van der Waals surface area contributed by atoms with Gasteiger partial charge in [0, 0.05) is 20.1 Å². The van der Waals surface area contributed by atoms with Gasteiger partial charge in [0.15, 0.2) is 5.96 Å². The molecule has 0 unspecified atom stereocenters. The van der Waals surface area contributed by atoms with Gasteiger partial charge in [-0.1, -0.05) is 29.8 Å². The molecule has 6 nitrogen and oxygen atoms in total. The predicted octanol–water partition coefficient (Wildman–Crippen LogP) is 1.42. The summed E-state index contributed by atoms with van der Waals surface area (Å²) < 4.78 is 1.74. The number of aliphatic imine (C=N–C) groups is 1. The maximum atomic E-state index is 4.54. The second kappa shape index (κ2) is 8.17. The minimum Gasteiger partial charge on any atom is -0.357 e. The number of hydrogen-bond acceptors (Lipinski definition) is 3. The summed E-state index contributed by atoms with van der Waals surface area (Å²) in [6.07, 6.45) is 2.51. The van der Waals surface area contributed by atoms with Gasteiger partial charge < -0.3 is 10.6 Å². The zero-order valence-electron chi connectivity index (χ0n) is 13.5. The molecule has 22 heavy (non-hydrogen) atoms. The van der Waals surface area contributed by atoms with E-state index in [2.05, 4.69) is 63.8 Å². The van der Waals surface area contributed by atoms with Gasteiger partial charge in [-0.3, -0.25) is 4.68 Å². The van der Waals surface area contributed by atoms with Crippen LogP contribution >= 0.6 is 0 Å². The number of nitrogens with zero attached hydrogens (tertiary/aromatic N) is 4. The Kier molecular flexibility index (Phi) is 5.94. The van der Waals surface area contributed by atoms with Crippen LogP contribution in [0.4, 0.5) is 0 Å².